The predicted molar refractivity (Wildman–Crippen MR) is 84.2 cm³/mol. The summed E-state index contributed by atoms with van der Waals surface area (Å²) in [6.07, 6.45) is 4.04. The molecule has 1 aliphatic rings. The molecule has 0 radical (unpaired) electrons. The van der Waals surface area contributed by atoms with Crippen LogP contribution in [0, 0.1) is 0 Å². The first-order chi connectivity index (χ1) is 9.75. The maximum Gasteiger partial charge on any atom is 0.124 e. The molecule has 21 heavy (non-hydrogen) atoms. The van der Waals surface area contributed by atoms with E-state index in [0.29, 0.717) is 0 Å². The number of hydrogen-bond donors (Lipinski definition) is 0. The van der Waals surface area contributed by atoms with Gasteiger partial charge in [0.25, 0.3) is 0 Å². The lowest BCUT2D eigenvalue weighted by atomic mass is 9.90. The summed E-state index contributed by atoms with van der Waals surface area (Å²) < 4.78 is 5.77. The molecule has 1 heterocycles. The van der Waals surface area contributed by atoms with Gasteiger partial charge in [-0.1, -0.05) is 6.08 Å². The fraction of sp³-hybridized carbons (Fsp3) is 0.529. The lowest BCUT2D eigenvalue weighted by molar-refractivity contribution is -0.0273. The fourth-order valence-electron chi connectivity index (χ4n) is 1.93. The fourth-order valence-corrected chi connectivity index (χ4v) is 1.93. The predicted octanol–water partition coefficient (Wildman–Crippen LogP) is 4.27. The van der Waals surface area contributed by atoms with Gasteiger partial charge in [0, 0.05) is 0 Å². The van der Waals surface area contributed by atoms with Crippen molar-refractivity contribution in [3.63, 3.8) is 0 Å². The van der Waals surface area contributed by atoms with Gasteiger partial charge in [-0.15, -0.1) is 5.23 Å². The minimum atomic E-state index is -0.386. The third-order valence-corrected chi connectivity index (χ3v) is 3.91. The van der Waals surface area contributed by atoms with E-state index in [1.807, 2.05) is 78.0 Å². The van der Waals surface area contributed by atoms with Gasteiger partial charge in [-0.2, -0.15) is 0 Å². The van der Waals surface area contributed by atoms with Gasteiger partial charge in [0.15, 0.2) is 0 Å². The topological polar surface area (TPSA) is 30.9 Å². The van der Waals surface area contributed by atoms with Gasteiger partial charge in [0.2, 0.25) is 0 Å². The third-order valence-electron chi connectivity index (χ3n) is 3.91. The van der Waals surface area contributed by atoms with Crippen LogP contribution in [0.5, 0.6) is 5.75 Å². The Bertz CT molecular complexity index is 489. The summed E-state index contributed by atoms with van der Waals surface area (Å²) in [5.74, 6) is 0.821. The molecule has 1 aliphatic heterocycles. The molecular weight excluding hydrogens is 266 g/mol. The third kappa shape index (κ3) is 3.39. The smallest absolute Gasteiger partial charge is 0.124 e. The Labute approximate surface area is 127 Å². The van der Waals surface area contributed by atoms with Crippen LogP contribution in [0.4, 0.5) is 5.69 Å². The first-order valence-electron chi connectivity index (χ1n) is 7.33. The van der Waals surface area contributed by atoms with E-state index in [2.05, 4.69) is 0 Å². The number of anilines is 1. The average Bonchev–Trinajstić information content (AvgIpc) is 2.59. The number of hydrogen-bond acceptors (Lipinski definition) is 4. The van der Waals surface area contributed by atoms with E-state index in [4.69, 9.17) is 14.4 Å². The zero-order valence-corrected chi connectivity index (χ0v) is 13.7. The Morgan fingerprint density at radius 2 is 1.57 bits per heavy atom. The summed E-state index contributed by atoms with van der Waals surface area (Å²) in [4.78, 5) is 11.7. The van der Waals surface area contributed by atoms with Crippen LogP contribution in [-0.4, -0.2) is 17.3 Å². The van der Waals surface area contributed by atoms with E-state index in [9.17, 15) is 0 Å². The Balaban J connectivity index is 2.07. The van der Waals surface area contributed by atoms with Gasteiger partial charge in [-0.3, -0.25) is 0 Å². The second-order valence-electron chi connectivity index (χ2n) is 6.30. The highest BCUT2D eigenvalue weighted by molar-refractivity contribution is 5.46. The molecule has 4 heteroatoms. The molecule has 0 aromatic heterocycles. The first-order valence-corrected chi connectivity index (χ1v) is 7.33. The summed E-state index contributed by atoms with van der Waals surface area (Å²) in [6, 6.07) is 7.69. The largest absolute Gasteiger partial charge is 0.487 e. The van der Waals surface area contributed by atoms with E-state index in [1.165, 1.54) is 5.23 Å². The lowest BCUT2D eigenvalue weighted by Gasteiger charge is -2.26. The number of benzene rings is 1. The molecule has 116 valence electrons. The summed E-state index contributed by atoms with van der Waals surface area (Å²) in [6.45, 7) is 12.1. The Morgan fingerprint density at radius 3 is 2.05 bits per heavy atom. The normalized spacial score (nSPS) is 21.7. The van der Waals surface area contributed by atoms with Crippen molar-refractivity contribution >= 4 is 5.69 Å². The van der Waals surface area contributed by atoms with Crippen LogP contribution in [-0.2, 0) is 9.68 Å². The average molecular weight is 291 g/mol. The quantitative estimate of drug-likeness (QED) is 0.775. The summed E-state index contributed by atoms with van der Waals surface area (Å²) >= 11 is 0. The highest BCUT2D eigenvalue weighted by Crippen LogP contribution is 2.40. The highest BCUT2D eigenvalue weighted by atomic mass is 17.0. The van der Waals surface area contributed by atoms with Gasteiger partial charge in [0.1, 0.15) is 23.1 Å². The molecule has 1 aromatic rings. The maximum atomic E-state index is 5.87. The minimum Gasteiger partial charge on any atom is -0.487 e. The molecule has 1 atom stereocenters. The van der Waals surface area contributed by atoms with Crippen LogP contribution in [0.1, 0.15) is 41.5 Å². The minimum absolute atomic E-state index is 0.0537. The van der Waals surface area contributed by atoms with Crippen molar-refractivity contribution in [2.45, 2.75) is 58.8 Å². The molecule has 0 aliphatic carbocycles. The zero-order valence-electron chi connectivity index (χ0n) is 13.7. The number of allylic oxidation sites excluding steroid dienone is 1. The van der Waals surface area contributed by atoms with Crippen molar-refractivity contribution in [3.05, 3.63) is 36.4 Å². The molecule has 1 fully saturated rings. The molecule has 0 saturated carbocycles. The molecule has 0 spiro atoms. The van der Waals surface area contributed by atoms with E-state index in [0.717, 1.165) is 11.4 Å². The Morgan fingerprint density at radius 1 is 1.05 bits per heavy atom. The van der Waals surface area contributed by atoms with Crippen molar-refractivity contribution in [2.24, 2.45) is 0 Å². The van der Waals surface area contributed by atoms with Gasteiger partial charge < -0.3 is 4.74 Å². The highest BCUT2D eigenvalue weighted by Gasteiger charge is 2.50. The van der Waals surface area contributed by atoms with Gasteiger partial charge in [-0.25, -0.2) is 9.68 Å². The summed E-state index contributed by atoms with van der Waals surface area (Å²) in [5, 5.41) is 1.49. The monoisotopic (exact) mass is 291 g/mol. The lowest BCUT2D eigenvalue weighted by Crippen LogP contribution is -2.41. The van der Waals surface area contributed by atoms with Crippen molar-refractivity contribution in [1.82, 2.24) is 0 Å². The van der Waals surface area contributed by atoms with Crippen molar-refractivity contribution in [1.29, 1.82) is 0 Å². The molecule has 4 nitrogen and oxygen atoms in total. The van der Waals surface area contributed by atoms with Crippen LogP contribution in [0.2, 0.25) is 0 Å². The second-order valence-corrected chi connectivity index (χ2v) is 6.30. The summed E-state index contributed by atoms with van der Waals surface area (Å²) in [5.41, 5.74) is 0.0743. The molecule has 0 N–H and O–H groups in total. The summed E-state index contributed by atoms with van der Waals surface area (Å²) in [7, 11) is 0. The second kappa shape index (κ2) is 5.70. The molecule has 1 unspecified atom stereocenters. The standard InChI is InChI=1S/C17H25NO3/c1-7-8-13(2)19-15-11-9-14(10-12-15)18-20-16(3,4)17(5,6)21-18/h7-13H,1-6H3. The van der Waals surface area contributed by atoms with Crippen LogP contribution < -0.4 is 9.96 Å². The SMILES string of the molecule is CC=CC(C)Oc1ccc(N2OC(C)(C)C(C)(C)O2)cc1. The van der Waals surface area contributed by atoms with Crippen LogP contribution in [0.25, 0.3) is 0 Å². The zero-order chi connectivity index (χ0) is 15.7. The van der Waals surface area contributed by atoms with Crippen LogP contribution in [0.3, 0.4) is 0 Å². The molecular formula is C17H25NO3. The molecule has 2 rings (SSSR count). The van der Waals surface area contributed by atoms with E-state index < -0.39 is 0 Å². The van der Waals surface area contributed by atoms with Gasteiger partial charge in [-0.05, 0) is 71.9 Å². The maximum absolute atomic E-state index is 5.87. The Kier molecular flexibility index (Phi) is 4.30. The van der Waals surface area contributed by atoms with E-state index >= 15 is 0 Å². The molecule has 1 saturated heterocycles. The van der Waals surface area contributed by atoms with Crippen molar-refractivity contribution in [3.8, 4) is 5.75 Å². The van der Waals surface area contributed by atoms with E-state index in [1.54, 1.807) is 0 Å². The van der Waals surface area contributed by atoms with Crippen LogP contribution in [0.15, 0.2) is 36.4 Å². The number of ether oxygens (including phenoxy) is 1. The van der Waals surface area contributed by atoms with Crippen molar-refractivity contribution in [2.75, 3.05) is 5.23 Å². The number of nitrogens with zero attached hydrogens (tertiary/aromatic N) is 1. The van der Waals surface area contributed by atoms with E-state index in [-0.39, 0.29) is 17.3 Å². The van der Waals surface area contributed by atoms with Crippen molar-refractivity contribution < 1.29 is 14.4 Å². The first kappa shape index (κ1) is 15.9. The van der Waals surface area contributed by atoms with Gasteiger partial charge >= 0.3 is 0 Å². The molecule has 1 aromatic carbocycles. The van der Waals surface area contributed by atoms with Crippen LogP contribution >= 0.6 is 0 Å². The molecule has 0 amide bonds. The molecule has 0 bridgehead atoms. The number of rotatable bonds is 4. The van der Waals surface area contributed by atoms with Gasteiger partial charge in [0.05, 0.1) is 5.69 Å². The Hall–Kier alpha value is -1.52.